The highest BCUT2D eigenvalue weighted by atomic mass is 32.2. The van der Waals surface area contributed by atoms with Crippen molar-refractivity contribution in [1.29, 1.82) is 0 Å². The topological polar surface area (TPSA) is 43.4 Å². The van der Waals surface area contributed by atoms with Crippen molar-refractivity contribution in [1.82, 2.24) is 0 Å². The summed E-state index contributed by atoms with van der Waals surface area (Å²) in [5.74, 6) is 0. The molecule has 2 aliphatic carbocycles. The van der Waals surface area contributed by atoms with Crippen LogP contribution >= 0.6 is 0 Å². The molecule has 0 saturated heterocycles. The van der Waals surface area contributed by atoms with Crippen LogP contribution in [0.15, 0.2) is 0 Å². The second kappa shape index (κ2) is 3.47. The molecule has 0 aromatic heterocycles. The van der Waals surface area contributed by atoms with Crippen LogP contribution in [0, 0.1) is 16.2 Å². The molecule has 0 aliphatic heterocycles. The molecule has 2 fully saturated rings. The van der Waals surface area contributed by atoms with E-state index < -0.39 is 10.1 Å². The summed E-state index contributed by atoms with van der Waals surface area (Å²) < 4.78 is 27.3. The van der Waals surface area contributed by atoms with Crippen LogP contribution in [0.4, 0.5) is 0 Å². The van der Waals surface area contributed by atoms with E-state index >= 15 is 0 Å². The fourth-order valence-electron chi connectivity index (χ4n) is 4.22. The molecule has 4 heteroatoms. The van der Waals surface area contributed by atoms with Gasteiger partial charge in [-0.25, -0.2) is 0 Å². The van der Waals surface area contributed by atoms with E-state index in [4.69, 9.17) is 4.18 Å². The zero-order chi connectivity index (χ0) is 13.1. The molecule has 2 rings (SSSR count). The van der Waals surface area contributed by atoms with E-state index in [9.17, 15) is 8.42 Å². The first-order chi connectivity index (χ1) is 7.54. The van der Waals surface area contributed by atoms with Crippen molar-refractivity contribution < 1.29 is 12.6 Å². The molecule has 0 radical (unpaired) electrons. The van der Waals surface area contributed by atoms with E-state index in [1.54, 1.807) is 0 Å². The Labute approximate surface area is 105 Å². The van der Waals surface area contributed by atoms with Gasteiger partial charge in [0.1, 0.15) is 0 Å². The Hall–Kier alpha value is -0.0900. The van der Waals surface area contributed by atoms with Gasteiger partial charge in [0.2, 0.25) is 0 Å². The molecular weight excluding hydrogens is 236 g/mol. The van der Waals surface area contributed by atoms with Gasteiger partial charge < -0.3 is 0 Å². The van der Waals surface area contributed by atoms with Gasteiger partial charge in [-0.1, -0.05) is 27.7 Å². The average Bonchev–Trinajstić information content (AvgIpc) is 2.46. The third kappa shape index (κ3) is 1.75. The lowest BCUT2D eigenvalue weighted by Crippen LogP contribution is -2.27. The minimum atomic E-state index is -3.30. The van der Waals surface area contributed by atoms with E-state index in [1.807, 2.05) is 0 Å². The lowest BCUT2D eigenvalue weighted by molar-refractivity contribution is 0.109. The zero-order valence-electron chi connectivity index (χ0n) is 11.5. The Morgan fingerprint density at radius 2 is 1.41 bits per heavy atom. The molecule has 3 nitrogen and oxygen atoms in total. The molecule has 0 aromatic carbocycles. The van der Waals surface area contributed by atoms with Gasteiger partial charge in [-0.15, -0.1) is 0 Å². The van der Waals surface area contributed by atoms with Crippen molar-refractivity contribution in [3.05, 3.63) is 0 Å². The summed E-state index contributed by atoms with van der Waals surface area (Å²) in [7, 11) is -3.30. The third-order valence-corrected chi connectivity index (χ3v) is 6.61. The molecule has 1 spiro atoms. The van der Waals surface area contributed by atoms with Gasteiger partial charge in [0, 0.05) is 0 Å². The molecule has 0 unspecified atom stereocenters. The van der Waals surface area contributed by atoms with Crippen LogP contribution in [0.3, 0.4) is 0 Å². The Morgan fingerprint density at radius 3 is 1.71 bits per heavy atom. The molecular formula is C13H24O3S. The first kappa shape index (κ1) is 13.3. The smallest absolute Gasteiger partial charge is 0.264 e. The molecule has 2 aliphatic rings. The Balaban J connectivity index is 2.01. The monoisotopic (exact) mass is 260 g/mol. The molecule has 0 bridgehead atoms. The summed E-state index contributed by atoms with van der Waals surface area (Å²) in [5.41, 5.74) is 1.14. The zero-order valence-corrected chi connectivity index (χ0v) is 12.4. The number of hydrogen-bond acceptors (Lipinski definition) is 3. The average molecular weight is 260 g/mol. The predicted molar refractivity (Wildman–Crippen MR) is 68.2 cm³/mol. The van der Waals surface area contributed by atoms with Gasteiger partial charge in [-0.3, -0.25) is 4.18 Å². The minimum absolute atomic E-state index is 0.0946. The maximum atomic E-state index is 11.1. The fraction of sp³-hybridized carbons (Fsp3) is 1.00. The fourth-order valence-corrected chi connectivity index (χ4v) is 4.91. The van der Waals surface area contributed by atoms with Gasteiger partial charge in [0.05, 0.1) is 12.4 Å². The standard InChI is InChI=1S/C13H24O3S/c1-11(2)12(3,4)13(11)8-6-10(7-9-13)16-17(5,14)15/h10H,6-9H2,1-5H3. The number of hydrogen-bond donors (Lipinski definition) is 0. The molecule has 0 amide bonds. The lowest BCUT2D eigenvalue weighted by Gasteiger charge is -2.31. The van der Waals surface area contributed by atoms with Crippen molar-refractivity contribution in [3.63, 3.8) is 0 Å². The van der Waals surface area contributed by atoms with Crippen molar-refractivity contribution in [2.75, 3.05) is 6.26 Å². The highest BCUT2D eigenvalue weighted by molar-refractivity contribution is 7.86. The first-order valence-electron chi connectivity index (χ1n) is 6.42. The summed E-state index contributed by atoms with van der Waals surface area (Å²) in [6.07, 6.45) is 4.98. The van der Waals surface area contributed by atoms with Gasteiger partial charge in [-0.2, -0.15) is 8.42 Å². The first-order valence-corrected chi connectivity index (χ1v) is 8.23. The van der Waals surface area contributed by atoms with Crippen LogP contribution in [0.2, 0.25) is 0 Å². The van der Waals surface area contributed by atoms with Crippen LogP contribution in [-0.2, 0) is 14.3 Å². The van der Waals surface area contributed by atoms with Gasteiger partial charge in [0.15, 0.2) is 0 Å². The molecule has 100 valence electrons. The highest BCUT2D eigenvalue weighted by Crippen LogP contribution is 2.82. The summed E-state index contributed by atoms with van der Waals surface area (Å²) in [6, 6.07) is 0. The minimum Gasteiger partial charge on any atom is -0.267 e. The Kier molecular flexibility index (Phi) is 2.73. The summed E-state index contributed by atoms with van der Waals surface area (Å²) in [4.78, 5) is 0. The van der Waals surface area contributed by atoms with Crippen molar-refractivity contribution in [3.8, 4) is 0 Å². The normalized spacial score (nSPS) is 30.4. The van der Waals surface area contributed by atoms with E-state index in [0.717, 1.165) is 31.9 Å². The maximum absolute atomic E-state index is 11.1. The van der Waals surface area contributed by atoms with E-state index in [0.29, 0.717) is 16.2 Å². The SMILES string of the molecule is CC1(C)C(C)(C)C12CCC(OS(C)(=O)=O)CC2. The van der Waals surface area contributed by atoms with Crippen LogP contribution in [0.5, 0.6) is 0 Å². The maximum Gasteiger partial charge on any atom is 0.264 e. The lowest BCUT2D eigenvalue weighted by atomic mass is 9.78. The predicted octanol–water partition coefficient (Wildman–Crippen LogP) is 2.96. The van der Waals surface area contributed by atoms with Crippen LogP contribution in [0.25, 0.3) is 0 Å². The summed E-state index contributed by atoms with van der Waals surface area (Å²) >= 11 is 0. The molecule has 0 atom stereocenters. The van der Waals surface area contributed by atoms with Crippen molar-refractivity contribution >= 4 is 10.1 Å². The van der Waals surface area contributed by atoms with Crippen LogP contribution in [0.1, 0.15) is 53.4 Å². The Morgan fingerprint density at radius 1 is 1.00 bits per heavy atom. The molecule has 0 N–H and O–H groups in total. The largest absolute Gasteiger partial charge is 0.267 e. The summed E-state index contributed by atoms with van der Waals surface area (Å²) in [5, 5.41) is 0. The van der Waals surface area contributed by atoms with Crippen molar-refractivity contribution in [2.45, 2.75) is 59.5 Å². The molecule has 0 aromatic rings. The van der Waals surface area contributed by atoms with E-state index in [2.05, 4.69) is 27.7 Å². The van der Waals surface area contributed by atoms with E-state index in [-0.39, 0.29) is 6.10 Å². The molecule has 0 heterocycles. The van der Waals surface area contributed by atoms with Crippen LogP contribution in [-0.4, -0.2) is 20.8 Å². The Bertz CT molecular complexity index is 396. The van der Waals surface area contributed by atoms with Gasteiger partial charge in [-0.05, 0) is 41.9 Å². The summed E-state index contributed by atoms with van der Waals surface area (Å²) in [6.45, 7) is 9.35. The van der Waals surface area contributed by atoms with Gasteiger partial charge in [0.25, 0.3) is 10.1 Å². The third-order valence-electron chi connectivity index (χ3n) is 5.99. The second-order valence-electron chi connectivity index (χ2n) is 6.83. The quantitative estimate of drug-likeness (QED) is 0.717. The van der Waals surface area contributed by atoms with Crippen LogP contribution < -0.4 is 0 Å². The number of rotatable bonds is 2. The van der Waals surface area contributed by atoms with E-state index in [1.165, 1.54) is 0 Å². The molecule has 17 heavy (non-hydrogen) atoms. The van der Waals surface area contributed by atoms with Crippen molar-refractivity contribution in [2.24, 2.45) is 16.2 Å². The van der Waals surface area contributed by atoms with Gasteiger partial charge >= 0.3 is 0 Å². The molecule has 2 saturated carbocycles. The highest BCUT2D eigenvalue weighted by Gasteiger charge is 2.76. The second-order valence-corrected chi connectivity index (χ2v) is 8.43.